The number of hydrogen-bond donors (Lipinski definition) is 4. The summed E-state index contributed by atoms with van der Waals surface area (Å²) in [5.74, 6) is -2.58. The lowest BCUT2D eigenvalue weighted by Gasteiger charge is -2.14. The molecule has 0 radical (unpaired) electrons. The molecule has 0 saturated carbocycles. The number of hydrogen-bond acceptors (Lipinski definition) is 9. The van der Waals surface area contributed by atoms with Crippen LogP contribution in [0, 0.1) is 0 Å². The van der Waals surface area contributed by atoms with Gasteiger partial charge in [-0.15, -0.1) is 11.6 Å². The fourth-order valence-electron chi connectivity index (χ4n) is 1.84. The number of primary amides is 2. The summed E-state index contributed by atoms with van der Waals surface area (Å²) in [6.07, 6.45) is -2.11. The maximum atomic E-state index is 11.0. The van der Waals surface area contributed by atoms with Gasteiger partial charge in [-0.25, -0.2) is 4.79 Å². The Morgan fingerprint density at radius 2 is 1.80 bits per heavy atom. The summed E-state index contributed by atoms with van der Waals surface area (Å²) in [7, 11) is -3.85. The van der Waals surface area contributed by atoms with E-state index >= 15 is 0 Å². The van der Waals surface area contributed by atoms with E-state index in [0.717, 1.165) is 6.26 Å². The Balaban J connectivity index is 0.000000642. The summed E-state index contributed by atoms with van der Waals surface area (Å²) >= 11 is 5.13. The van der Waals surface area contributed by atoms with E-state index in [0.29, 0.717) is 11.1 Å². The molecule has 0 aliphatic heterocycles. The van der Waals surface area contributed by atoms with Gasteiger partial charge in [0.1, 0.15) is 18.6 Å². The maximum absolute atomic E-state index is 11.0. The van der Waals surface area contributed by atoms with Gasteiger partial charge in [0.15, 0.2) is 0 Å². The van der Waals surface area contributed by atoms with Crippen LogP contribution in [0.5, 0.6) is 0 Å². The summed E-state index contributed by atoms with van der Waals surface area (Å²) in [4.78, 5) is 43.1. The highest BCUT2D eigenvalue weighted by molar-refractivity contribution is 7.86. The second-order valence-corrected chi connectivity index (χ2v) is 7.42. The number of carbonyl (C=O) groups is 4. The maximum Gasteiger partial charge on any atom is 0.413 e. The monoisotopic (exact) mass is 467 g/mol. The van der Waals surface area contributed by atoms with E-state index in [1.54, 1.807) is 29.6 Å². The van der Waals surface area contributed by atoms with Crippen molar-refractivity contribution >= 4 is 45.5 Å². The summed E-state index contributed by atoms with van der Waals surface area (Å²) in [5.41, 5.74) is 10.9. The molecule has 0 aromatic heterocycles. The number of aliphatic hydroxyl groups is 1. The molecule has 12 nitrogen and oxygen atoms in total. The van der Waals surface area contributed by atoms with E-state index in [9.17, 15) is 27.6 Å². The zero-order valence-electron chi connectivity index (χ0n) is 15.9. The molecule has 0 spiro atoms. The highest BCUT2D eigenvalue weighted by atomic mass is 35.5. The number of alkyl halides is 1. The van der Waals surface area contributed by atoms with Crippen molar-refractivity contribution in [3.63, 3.8) is 0 Å². The number of aliphatic hydroxyl groups excluding tert-OH is 1. The van der Waals surface area contributed by atoms with Crippen LogP contribution in [0.2, 0.25) is 0 Å². The Kier molecular flexibility index (Phi) is 12.2. The minimum atomic E-state index is -3.85. The molecular weight excluding hydrogens is 446 g/mol. The minimum absolute atomic E-state index is 0.154. The lowest BCUT2D eigenvalue weighted by atomic mass is 10.1. The van der Waals surface area contributed by atoms with Crippen LogP contribution in [0.1, 0.15) is 22.3 Å². The zero-order valence-corrected chi connectivity index (χ0v) is 17.4. The van der Waals surface area contributed by atoms with Gasteiger partial charge in [-0.2, -0.15) is 8.42 Å². The van der Waals surface area contributed by atoms with Gasteiger partial charge in [-0.1, -0.05) is 18.2 Å². The average Bonchev–Trinajstić information content (AvgIpc) is 2.64. The van der Waals surface area contributed by atoms with E-state index in [1.165, 1.54) is 0 Å². The van der Waals surface area contributed by atoms with Crippen molar-refractivity contribution in [3.05, 3.63) is 35.4 Å². The van der Waals surface area contributed by atoms with Crippen LogP contribution in [0.25, 0.3) is 0 Å². The fourth-order valence-corrected chi connectivity index (χ4v) is 2.53. The number of alkyl carbamates (subject to hydrolysis) is 1. The average molecular weight is 468 g/mol. The molecule has 1 atom stereocenters. The van der Waals surface area contributed by atoms with Crippen molar-refractivity contribution in [1.29, 1.82) is 0 Å². The number of halogens is 1. The molecule has 1 rings (SSSR count). The largest absolute Gasteiger partial charge is 0.446 e. The number of imide groups is 1. The van der Waals surface area contributed by atoms with Crippen LogP contribution in [0.4, 0.5) is 4.79 Å². The first-order chi connectivity index (χ1) is 13.9. The molecular formula is C16H22ClN3O9S. The van der Waals surface area contributed by atoms with E-state index in [2.05, 4.69) is 8.92 Å². The molecule has 0 aliphatic rings. The molecule has 0 bridgehead atoms. The number of nitrogens with two attached hydrogens (primary N) is 2. The van der Waals surface area contributed by atoms with Crippen molar-refractivity contribution in [3.8, 4) is 0 Å². The molecule has 4 amide bonds. The predicted molar refractivity (Wildman–Crippen MR) is 105 cm³/mol. The van der Waals surface area contributed by atoms with Crippen LogP contribution < -0.4 is 16.8 Å². The van der Waals surface area contributed by atoms with Gasteiger partial charge in [0.2, 0.25) is 17.7 Å². The number of nitrogens with one attached hydrogen (secondary N) is 1. The second kappa shape index (κ2) is 13.5. The van der Waals surface area contributed by atoms with Crippen molar-refractivity contribution in [2.75, 3.05) is 18.7 Å². The first-order valence-corrected chi connectivity index (χ1v) is 10.4. The summed E-state index contributed by atoms with van der Waals surface area (Å²) < 4.78 is 30.8. The normalized spacial score (nSPS) is 11.4. The summed E-state index contributed by atoms with van der Waals surface area (Å²) in [5, 5.41) is 10.5. The van der Waals surface area contributed by atoms with Gasteiger partial charge in [-0.3, -0.25) is 23.9 Å². The van der Waals surface area contributed by atoms with Gasteiger partial charge in [0.25, 0.3) is 10.1 Å². The van der Waals surface area contributed by atoms with Crippen molar-refractivity contribution in [2.45, 2.75) is 19.1 Å². The fraction of sp³-hybridized carbons (Fsp3) is 0.375. The van der Waals surface area contributed by atoms with Crippen LogP contribution in [0.15, 0.2) is 24.3 Å². The molecule has 6 N–H and O–H groups in total. The topological polar surface area (TPSA) is 205 Å². The van der Waals surface area contributed by atoms with E-state index in [-0.39, 0.29) is 6.61 Å². The molecule has 1 aromatic rings. The lowest BCUT2D eigenvalue weighted by Crippen LogP contribution is -2.35. The summed E-state index contributed by atoms with van der Waals surface area (Å²) in [6.45, 7) is -0.726. The molecule has 30 heavy (non-hydrogen) atoms. The van der Waals surface area contributed by atoms with Crippen molar-refractivity contribution in [2.24, 2.45) is 11.5 Å². The molecule has 0 aliphatic carbocycles. The van der Waals surface area contributed by atoms with Crippen LogP contribution >= 0.6 is 11.6 Å². The Hall–Kier alpha value is -2.74. The van der Waals surface area contributed by atoms with E-state index in [4.69, 9.17) is 28.2 Å². The molecule has 1 aromatic carbocycles. The van der Waals surface area contributed by atoms with Gasteiger partial charge in [0, 0.05) is 5.56 Å². The third-order valence-corrected chi connectivity index (χ3v) is 3.82. The van der Waals surface area contributed by atoms with Gasteiger partial charge >= 0.3 is 6.09 Å². The molecule has 0 saturated heterocycles. The number of amides is 4. The third kappa shape index (κ3) is 12.7. The van der Waals surface area contributed by atoms with E-state index < -0.39 is 58.9 Å². The Bertz CT molecular complexity index is 861. The molecule has 168 valence electrons. The molecule has 1 unspecified atom stereocenters. The molecule has 0 fully saturated rings. The number of rotatable bonds is 9. The number of benzene rings is 1. The number of carbonyl (C=O) groups excluding carboxylic acids is 4. The van der Waals surface area contributed by atoms with Crippen molar-refractivity contribution in [1.82, 2.24) is 5.32 Å². The van der Waals surface area contributed by atoms with Gasteiger partial charge < -0.3 is 21.3 Å². The Labute approximate surface area is 177 Å². The third-order valence-electron chi connectivity index (χ3n) is 2.96. The summed E-state index contributed by atoms with van der Waals surface area (Å²) in [6, 6.07) is 6.71. The number of ether oxygens (including phenoxy) is 1. The predicted octanol–water partition coefficient (Wildman–Crippen LogP) is -1.02. The SMILES string of the molecule is CS(=O)(=O)OC(COC(=O)NC(=O)CCl)CC(N)=O.NC(=O)c1ccccc1CO. The standard InChI is InChI=1S/C8H13ClN2O7S.C8H9NO2/c1-19(15,16)18-5(2-6(10)12)4-17-8(14)11-7(13)3-9;9-8(11)7-4-2-1-3-6(7)5-10/h5H,2-4H2,1H3,(H2,10,12)(H,11,13,14);1-4,10H,5H2,(H2,9,11). The van der Waals surface area contributed by atoms with E-state index in [1.807, 2.05) is 0 Å². The van der Waals surface area contributed by atoms with Gasteiger partial charge in [-0.05, 0) is 11.6 Å². The molecule has 0 heterocycles. The Morgan fingerprint density at radius 3 is 2.23 bits per heavy atom. The quantitative estimate of drug-likeness (QED) is 0.258. The highest BCUT2D eigenvalue weighted by Crippen LogP contribution is 2.07. The zero-order chi connectivity index (χ0) is 23.3. The first kappa shape index (κ1) is 27.3. The molecule has 14 heteroatoms. The van der Waals surface area contributed by atoms with Crippen LogP contribution in [-0.2, 0) is 35.2 Å². The first-order valence-electron chi connectivity index (χ1n) is 8.07. The van der Waals surface area contributed by atoms with Gasteiger partial charge in [0.05, 0.1) is 19.3 Å². The lowest BCUT2D eigenvalue weighted by molar-refractivity contribution is -0.120. The smallest absolute Gasteiger partial charge is 0.413 e. The van der Waals surface area contributed by atoms with Crippen molar-refractivity contribution < 1.29 is 41.6 Å². The van der Waals surface area contributed by atoms with Crippen LogP contribution in [0.3, 0.4) is 0 Å². The minimum Gasteiger partial charge on any atom is -0.446 e. The van der Waals surface area contributed by atoms with Crippen LogP contribution in [-0.4, -0.2) is 62.2 Å². The Morgan fingerprint density at radius 1 is 1.20 bits per heavy atom. The second-order valence-electron chi connectivity index (χ2n) is 5.55. The highest BCUT2D eigenvalue weighted by Gasteiger charge is 2.20.